The van der Waals surface area contributed by atoms with E-state index in [4.69, 9.17) is 5.73 Å². The Kier molecular flexibility index (Phi) is 3.41. The first-order valence-electron chi connectivity index (χ1n) is 5.74. The number of nitrogens with zero attached hydrogens (tertiary/aromatic N) is 3. The largest absolute Gasteiger partial charge is 0.368 e. The molecule has 0 aliphatic rings. The van der Waals surface area contributed by atoms with Gasteiger partial charge >= 0.3 is 0 Å². The summed E-state index contributed by atoms with van der Waals surface area (Å²) in [7, 11) is 0. The van der Waals surface area contributed by atoms with Gasteiger partial charge in [0.2, 0.25) is 5.95 Å². The van der Waals surface area contributed by atoms with E-state index in [1.54, 1.807) is 12.1 Å². The van der Waals surface area contributed by atoms with Crippen LogP contribution in [-0.2, 0) is 0 Å². The fourth-order valence-corrected chi connectivity index (χ4v) is 1.81. The average molecular weight is 246 g/mol. The lowest BCUT2D eigenvalue weighted by molar-refractivity contribution is 0.627. The van der Waals surface area contributed by atoms with Crippen LogP contribution in [-0.4, -0.2) is 16.5 Å². The van der Waals surface area contributed by atoms with Crippen LogP contribution >= 0.6 is 0 Å². The molecule has 0 atom stereocenters. The van der Waals surface area contributed by atoms with Crippen molar-refractivity contribution in [3.05, 3.63) is 41.8 Å². The van der Waals surface area contributed by atoms with Gasteiger partial charge in [-0.25, -0.2) is 9.37 Å². The molecule has 1 aromatic carbocycles. The van der Waals surface area contributed by atoms with E-state index < -0.39 is 0 Å². The van der Waals surface area contributed by atoms with Crippen LogP contribution in [0.15, 0.2) is 30.3 Å². The third-order valence-electron chi connectivity index (χ3n) is 2.59. The number of nitrogen functional groups attached to an aromatic ring is 1. The Hall–Kier alpha value is -2.17. The molecule has 0 amide bonds. The summed E-state index contributed by atoms with van der Waals surface area (Å²) >= 11 is 0. The number of aryl methyl sites for hydroxylation is 1. The quantitative estimate of drug-likeness (QED) is 0.904. The van der Waals surface area contributed by atoms with Crippen molar-refractivity contribution in [3.8, 4) is 0 Å². The predicted molar refractivity (Wildman–Crippen MR) is 70.3 cm³/mol. The van der Waals surface area contributed by atoms with Crippen molar-refractivity contribution in [2.75, 3.05) is 17.2 Å². The minimum absolute atomic E-state index is 0.241. The Balaban J connectivity index is 2.41. The molecule has 2 N–H and O–H groups in total. The zero-order valence-electron chi connectivity index (χ0n) is 10.4. The number of benzene rings is 1. The van der Waals surface area contributed by atoms with Crippen molar-refractivity contribution in [1.29, 1.82) is 0 Å². The van der Waals surface area contributed by atoms with Crippen LogP contribution < -0.4 is 10.6 Å². The van der Waals surface area contributed by atoms with Gasteiger partial charge in [0.05, 0.1) is 0 Å². The molecule has 0 radical (unpaired) electrons. The van der Waals surface area contributed by atoms with E-state index in [0.29, 0.717) is 12.4 Å². The normalized spacial score (nSPS) is 10.4. The molecule has 0 spiro atoms. The summed E-state index contributed by atoms with van der Waals surface area (Å²) in [4.78, 5) is 10.2. The molecular weight excluding hydrogens is 231 g/mol. The van der Waals surface area contributed by atoms with E-state index in [2.05, 4.69) is 9.97 Å². The van der Waals surface area contributed by atoms with E-state index in [1.165, 1.54) is 12.1 Å². The first kappa shape index (κ1) is 12.3. The van der Waals surface area contributed by atoms with Crippen LogP contribution in [0.1, 0.15) is 12.6 Å². The Bertz CT molecular complexity index is 519. The minimum atomic E-state index is -0.256. The third kappa shape index (κ3) is 2.56. The second-order valence-corrected chi connectivity index (χ2v) is 3.95. The van der Waals surface area contributed by atoms with Crippen molar-refractivity contribution in [2.24, 2.45) is 0 Å². The Morgan fingerprint density at radius 1 is 1.22 bits per heavy atom. The van der Waals surface area contributed by atoms with Crippen molar-refractivity contribution < 1.29 is 4.39 Å². The number of aromatic nitrogens is 2. The van der Waals surface area contributed by atoms with Gasteiger partial charge in [-0.05, 0) is 38.1 Å². The Labute approximate surface area is 105 Å². The van der Waals surface area contributed by atoms with E-state index >= 15 is 0 Å². The molecular formula is C13H15FN4. The summed E-state index contributed by atoms with van der Waals surface area (Å²) in [6, 6.07) is 8.13. The average Bonchev–Trinajstić information content (AvgIpc) is 2.31. The number of rotatable bonds is 3. The van der Waals surface area contributed by atoms with Gasteiger partial charge < -0.3 is 10.6 Å². The van der Waals surface area contributed by atoms with E-state index in [-0.39, 0.29) is 11.8 Å². The summed E-state index contributed by atoms with van der Waals surface area (Å²) in [6.45, 7) is 4.57. The van der Waals surface area contributed by atoms with Crippen molar-refractivity contribution in [1.82, 2.24) is 9.97 Å². The van der Waals surface area contributed by atoms with Gasteiger partial charge in [0.15, 0.2) is 0 Å². The SMILES string of the molecule is CCN(c1ccc(F)cc1)c1cc(C)nc(N)n1. The highest BCUT2D eigenvalue weighted by Crippen LogP contribution is 2.24. The molecule has 0 fully saturated rings. The van der Waals surface area contributed by atoms with Crippen LogP contribution in [0.5, 0.6) is 0 Å². The summed E-state index contributed by atoms with van der Waals surface area (Å²) < 4.78 is 12.9. The number of halogens is 1. The molecule has 4 nitrogen and oxygen atoms in total. The molecule has 2 aromatic rings. The highest BCUT2D eigenvalue weighted by Gasteiger charge is 2.10. The topological polar surface area (TPSA) is 55.0 Å². The minimum Gasteiger partial charge on any atom is -0.368 e. The maximum atomic E-state index is 12.9. The lowest BCUT2D eigenvalue weighted by Gasteiger charge is -2.22. The summed E-state index contributed by atoms with van der Waals surface area (Å²) in [5, 5.41) is 0. The third-order valence-corrected chi connectivity index (χ3v) is 2.59. The summed E-state index contributed by atoms with van der Waals surface area (Å²) in [6.07, 6.45) is 0. The molecule has 5 heteroatoms. The van der Waals surface area contributed by atoms with Crippen molar-refractivity contribution in [3.63, 3.8) is 0 Å². The molecule has 0 aliphatic carbocycles. The van der Waals surface area contributed by atoms with Gasteiger partial charge in [-0.1, -0.05) is 0 Å². The molecule has 94 valence electrons. The van der Waals surface area contributed by atoms with Gasteiger partial charge in [-0.15, -0.1) is 0 Å². The molecule has 0 bridgehead atoms. The molecule has 0 aliphatic heterocycles. The lowest BCUT2D eigenvalue weighted by Crippen LogP contribution is -2.18. The number of hydrogen-bond donors (Lipinski definition) is 1. The smallest absolute Gasteiger partial charge is 0.222 e. The van der Waals surface area contributed by atoms with Crippen LogP contribution in [0.4, 0.5) is 21.8 Å². The fraction of sp³-hybridized carbons (Fsp3) is 0.231. The van der Waals surface area contributed by atoms with E-state index in [1.807, 2.05) is 24.8 Å². The zero-order chi connectivity index (χ0) is 13.1. The number of anilines is 3. The molecule has 0 saturated carbocycles. The second kappa shape index (κ2) is 5.00. The maximum Gasteiger partial charge on any atom is 0.222 e. The first-order valence-corrected chi connectivity index (χ1v) is 5.74. The number of hydrogen-bond acceptors (Lipinski definition) is 4. The van der Waals surface area contributed by atoms with Crippen LogP contribution in [0.3, 0.4) is 0 Å². The molecule has 1 aromatic heterocycles. The predicted octanol–water partition coefficient (Wildman–Crippen LogP) is 2.66. The Morgan fingerprint density at radius 3 is 2.44 bits per heavy atom. The molecule has 0 unspecified atom stereocenters. The molecule has 2 rings (SSSR count). The summed E-state index contributed by atoms with van der Waals surface area (Å²) in [5.41, 5.74) is 7.32. The monoisotopic (exact) mass is 246 g/mol. The van der Waals surface area contributed by atoms with Gasteiger partial charge in [-0.2, -0.15) is 4.98 Å². The van der Waals surface area contributed by atoms with E-state index in [0.717, 1.165) is 11.4 Å². The summed E-state index contributed by atoms with van der Waals surface area (Å²) in [5.74, 6) is 0.702. The first-order chi connectivity index (χ1) is 8.60. The number of nitrogens with two attached hydrogens (primary N) is 1. The van der Waals surface area contributed by atoms with Gasteiger partial charge in [0.1, 0.15) is 11.6 Å². The van der Waals surface area contributed by atoms with Crippen LogP contribution in [0, 0.1) is 12.7 Å². The van der Waals surface area contributed by atoms with Gasteiger partial charge in [0.25, 0.3) is 0 Å². The standard InChI is InChI=1S/C13H15FN4/c1-3-18(11-6-4-10(14)5-7-11)12-8-9(2)16-13(15)17-12/h4-8H,3H2,1-2H3,(H2,15,16,17). The second-order valence-electron chi connectivity index (χ2n) is 3.95. The van der Waals surface area contributed by atoms with E-state index in [9.17, 15) is 4.39 Å². The maximum absolute atomic E-state index is 12.9. The Morgan fingerprint density at radius 2 is 1.89 bits per heavy atom. The molecule has 18 heavy (non-hydrogen) atoms. The van der Waals surface area contributed by atoms with Gasteiger partial charge in [0, 0.05) is 24.0 Å². The fourth-order valence-electron chi connectivity index (χ4n) is 1.81. The van der Waals surface area contributed by atoms with Crippen LogP contribution in [0.25, 0.3) is 0 Å². The van der Waals surface area contributed by atoms with Crippen molar-refractivity contribution >= 4 is 17.5 Å². The van der Waals surface area contributed by atoms with Crippen molar-refractivity contribution in [2.45, 2.75) is 13.8 Å². The molecule has 1 heterocycles. The highest BCUT2D eigenvalue weighted by molar-refractivity contribution is 5.60. The van der Waals surface area contributed by atoms with Gasteiger partial charge in [-0.3, -0.25) is 0 Å². The zero-order valence-corrected chi connectivity index (χ0v) is 10.4. The lowest BCUT2D eigenvalue weighted by atomic mass is 10.2. The van der Waals surface area contributed by atoms with Crippen LogP contribution in [0.2, 0.25) is 0 Å². The molecule has 0 saturated heterocycles. The highest BCUT2D eigenvalue weighted by atomic mass is 19.1.